The zero-order chi connectivity index (χ0) is 16.5. The number of hydrogen-bond acceptors (Lipinski definition) is 5. The molecule has 0 aliphatic carbocycles. The Kier molecular flexibility index (Phi) is 7.16. The van der Waals surface area contributed by atoms with Crippen molar-refractivity contribution in [2.75, 3.05) is 6.61 Å². The fourth-order valence-electron chi connectivity index (χ4n) is 1.47. The molecule has 0 spiro atoms. The normalized spacial score (nSPS) is 10.9. The molecule has 1 aromatic rings. The molecule has 0 saturated carbocycles. The van der Waals surface area contributed by atoms with E-state index in [1.165, 1.54) is 18.2 Å². The Bertz CT molecular complexity index is 546. The molecule has 0 heterocycles. The molecule has 5 nitrogen and oxygen atoms in total. The van der Waals surface area contributed by atoms with Crippen LogP contribution in [-0.2, 0) is 14.3 Å². The highest BCUT2D eigenvalue weighted by molar-refractivity contribution is 5.87. The van der Waals surface area contributed by atoms with E-state index in [4.69, 9.17) is 9.47 Å². The van der Waals surface area contributed by atoms with Gasteiger partial charge >= 0.3 is 11.9 Å². The highest BCUT2D eigenvalue weighted by Crippen LogP contribution is 2.28. The highest BCUT2D eigenvalue weighted by atomic mass is 16.5. The zero-order valence-electron chi connectivity index (χ0n) is 13.2. The van der Waals surface area contributed by atoms with E-state index in [1.54, 1.807) is 26.0 Å². The van der Waals surface area contributed by atoms with E-state index in [1.807, 2.05) is 6.92 Å². The first-order valence-corrected chi connectivity index (χ1v) is 7.33. The lowest BCUT2D eigenvalue weighted by Crippen LogP contribution is -2.14. The number of unbranched alkanes of at least 4 members (excludes halogenated alkanes) is 1. The van der Waals surface area contributed by atoms with Crippen molar-refractivity contribution in [3.8, 4) is 11.5 Å². The van der Waals surface area contributed by atoms with Gasteiger partial charge in [-0.25, -0.2) is 4.79 Å². The van der Waals surface area contributed by atoms with Crippen molar-refractivity contribution in [3.05, 3.63) is 29.8 Å². The summed E-state index contributed by atoms with van der Waals surface area (Å²) >= 11 is 0. The topological polar surface area (TPSA) is 72.8 Å². The van der Waals surface area contributed by atoms with Gasteiger partial charge in [-0.1, -0.05) is 33.3 Å². The van der Waals surface area contributed by atoms with Crippen molar-refractivity contribution in [2.45, 2.75) is 33.6 Å². The molecule has 0 unspecified atom stereocenters. The third-order valence-electron chi connectivity index (χ3n) is 2.82. The van der Waals surface area contributed by atoms with Gasteiger partial charge in [-0.2, -0.15) is 0 Å². The third kappa shape index (κ3) is 5.99. The van der Waals surface area contributed by atoms with Gasteiger partial charge in [0.1, 0.15) is 0 Å². The SMILES string of the molecule is CCCCOC(=O)C=Cc1ccc(O)c(OC(=O)C(C)C)c1. The Morgan fingerprint density at radius 1 is 1.32 bits per heavy atom. The van der Waals surface area contributed by atoms with Gasteiger partial charge in [-0.05, 0) is 30.2 Å². The van der Waals surface area contributed by atoms with Crippen LogP contribution in [-0.4, -0.2) is 23.7 Å². The molecule has 1 N–H and O–H groups in total. The summed E-state index contributed by atoms with van der Waals surface area (Å²) in [6.45, 7) is 5.82. The van der Waals surface area contributed by atoms with Crippen molar-refractivity contribution < 1.29 is 24.2 Å². The largest absolute Gasteiger partial charge is 0.504 e. The smallest absolute Gasteiger partial charge is 0.330 e. The Morgan fingerprint density at radius 2 is 2.05 bits per heavy atom. The average molecular weight is 306 g/mol. The Labute approximate surface area is 130 Å². The van der Waals surface area contributed by atoms with E-state index < -0.39 is 11.9 Å². The highest BCUT2D eigenvalue weighted by Gasteiger charge is 2.12. The number of carbonyl (C=O) groups is 2. The summed E-state index contributed by atoms with van der Waals surface area (Å²) in [7, 11) is 0. The van der Waals surface area contributed by atoms with Crippen LogP contribution in [0.1, 0.15) is 39.2 Å². The van der Waals surface area contributed by atoms with Gasteiger partial charge in [0.2, 0.25) is 0 Å². The maximum atomic E-state index is 11.6. The van der Waals surface area contributed by atoms with E-state index in [9.17, 15) is 14.7 Å². The summed E-state index contributed by atoms with van der Waals surface area (Å²) in [4.78, 5) is 23.0. The Morgan fingerprint density at radius 3 is 2.68 bits per heavy atom. The molecule has 0 fully saturated rings. The molecule has 0 saturated heterocycles. The van der Waals surface area contributed by atoms with Crippen LogP contribution < -0.4 is 4.74 Å². The van der Waals surface area contributed by atoms with E-state index in [0.717, 1.165) is 12.8 Å². The molecule has 0 aliphatic heterocycles. The maximum Gasteiger partial charge on any atom is 0.330 e. The summed E-state index contributed by atoms with van der Waals surface area (Å²) in [5.41, 5.74) is 0.622. The first-order chi connectivity index (χ1) is 10.4. The molecule has 0 bridgehead atoms. The fraction of sp³-hybridized carbons (Fsp3) is 0.412. The third-order valence-corrected chi connectivity index (χ3v) is 2.82. The van der Waals surface area contributed by atoms with Crippen LogP contribution in [0.3, 0.4) is 0 Å². The molecular formula is C17H22O5. The van der Waals surface area contributed by atoms with Crippen molar-refractivity contribution in [1.29, 1.82) is 0 Å². The number of phenolic OH excluding ortho intramolecular Hbond substituents is 1. The molecule has 120 valence electrons. The number of rotatable bonds is 7. The lowest BCUT2D eigenvalue weighted by Gasteiger charge is -2.09. The fourth-order valence-corrected chi connectivity index (χ4v) is 1.47. The summed E-state index contributed by atoms with van der Waals surface area (Å²) in [6.07, 6.45) is 4.63. The predicted molar refractivity (Wildman–Crippen MR) is 83.5 cm³/mol. The van der Waals surface area contributed by atoms with Gasteiger partial charge in [-0.15, -0.1) is 0 Å². The van der Waals surface area contributed by atoms with Crippen LogP contribution >= 0.6 is 0 Å². The summed E-state index contributed by atoms with van der Waals surface area (Å²) < 4.78 is 10.1. The van der Waals surface area contributed by atoms with Crippen molar-refractivity contribution in [2.24, 2.45) is 5.92 Å². The van der Waals surface area contributed by atoms with E-state index in [-0.39, 0.29) is 17.4 Å². The molecule has 0 aromatic heterocycles. The van der Waals surface area contributed by atoms with Gasteiger partial charge in [-0.3, -0.25) is 4.79 Å². The second kappa shape index (κ2) is 8.87. The van der Waals surface area contributed by atoms with E-state index in [2.05, 4.69) is 0 Å². The summed E-state index contributed by atoms with van der Waals surface area (Å²) in [6, 6.07) is 4.51. The van der Waals surface area contributed by atoms with Crippen LogP contribution in [0.15, 0.2) is 24.3 Å². The standard InChI is InChI=1S/C17H22O5/c1-4-5-10-21-16(19)9-7-13-6-8-14(18)15(11-13)22-17(20)12(2)3/h6-9,11-12,18H,4-5,10H2,1-3H3. The number of esters is 2. The van der Waals surface area contributed by atoms with E-state index >= 15 is 0 Å². The number of hydrogen-bond donors (Lipinski definition) is 1. The van der Waals surface area contributed by atoms with Crippen LogP contribution in [0.2, 0.25) is 0 Å². The molecule has 1 rings (SSSR count). The summed E-state index contributed by atoms with van der Waals surface area (Å²) in [5.74, 6) is -1.22. The number of phenols is 1. The lowest BCUT2D eigenvalue weighted by atomic mass is 10.2. The van der Waals surface area contributed by atoms with Gasteiger partial charge in [0, 0.05) is 6.08 Å². The van der Waals surface area contributed by atoms with Gasteiger partial charge in [0.05, 0.1) is 12.5 Å². The van der Waals surface area contributed by atoms with Crippen LogP contribution in [0.4, 0.5) is 0 Å². The molecular weight excluding hydrogens is 284 g/mol. The molecule has 0 radical (unpaired) electrons. The number of carbonyl (C=O) groups excluding carboxylic acids is 2. The monoisotopic (exact) mass is 306 g/mol. The van der Waals surface area contributed by atoms with Crippen molar-refractivity contribution in [3.63, 3.8) is 0 Å². The second-order valence-electron chi connectivity index (χ2n) is 5.16. The lowest BCUT2D eigenvalue weighted by molar-refractivity contribution is -0.138. The number of aromatic hydroxyl groups is 1. The Balaban J connectivity index is 2.72. The van der Waals surface area contributed by atoms with Crippen LogP contribution in [0.5, 0.6) is 11.5 Å². The minimum Gasteiger partial charge on any atom is -0.504 e. The second-order valence-corrected chi connectivity index (χ2v) is 5.16. The van der Waals surface area contributed by atoms with Crippen LogP contribution in [0.25, 0.3) is 6.08 Å². The van der Waals surface area contributed by atoms with Gasteiger partial charge in [0.15, 0.2) is 11.5 Å². The minimum atomic E-state index is -0.435. The predicted octanol–water partition coefficient (Wildman–Crippen LogP) is 3.31. The molecule has 0 atom stereocenters. The molecule has 0 amide bonds. The number of benzene rings is 1. The summed E-state index contributed by atoms with van der Waals surface area (Å²) in [5, 5.41) is 9.69. The minimum absolute atomic E-state index is 0.0696. The Hall–Kier alpha value is -2.30. The molecule has 22 heavy (non-hydrogen) atoms. The molecule has 0 aliphatic rings. The van der Waals surface area contributed by atoms with Crippen molar-refractivity contribution in [1.82, 2.24) is 0 Å². The molecule has 1 aromatic carbocycles. The number of ether oxygens (including phenoxy) is 2. The van der Waals surface area contributed by atoms with Gasteiger partial charge < -0.3 is 14.6 Å². The average Bonchev–Trinajstić information content (AvgIpc) is 2.48. The first-order valence-electron chi connectivity index (χ1n) is 7.33. The first kappa shape index (κ1) is 17.8. The zero-order valence-corrected chi connectivity index (χ0v) is 13.2. The van der Waals surface area contributed by atoms with E-state index in [0.29, 0.717) is 12.2 Å². The van der Waals surface area contributed by atoms with Crippen LogP contribution in [0, 0.1) is 5.92 Å². The maximum absolute atomic E-state index is 11.6. The van der Waals surface area contributed by atoms with Crippen molar-refractivity contribution >= 4 is 18.0 Å². The van der Waals surface area contributed by atoms with Gasteiger partial charge in [0.25, 0.3) is 0 Å². The quantitative estimate of drug-likeness (QED) is 0.362. The molecule has 5 heteroatoms.